The van der Waals surface area contributed by atoms with Gasteiger partial charge in [-0.1, -0.05) is 30.3 Å². The van der Waals surface area contributed by atoms with Gasteiger partial charge in [-0.2, -0.15) is 4.31 Å². The largest absolute Gasteiger partial charge is 0.335 e. The van der Waals surface area contributed by atoms with Gasteiger partial charge in [-0.25, -0.2) is 8.42 Å². The van der Waals surface area contributed by atoms with Crippen LogP contribution in [0.2, 0.25) is 0 Å². The van der Waals surface area contributed by atoms with Crippen molar-refractivity contribution in [2.75, 3.05) is 19.6 Å². The number of carbonyl (C=O) groups excluding carboxylic acids is 1. The molecule has 1 fully saturated rings. The van der Waals surface area contributed by atoms with E-state index in [0.717, 1.165) is 23.7 Å². The monoisotopic (exact) mass is 454 g/mol. The molecule has 1 atom stereocenters. The fraction of sp³-hybridized carbons (Fsp3) is 0.375. The van der Waals surface area contributed by atoms with Gasteiger partial charge in [-0.3, -0.25) is 4.79 Å². The van der Waals surface area contributed by atoms with Crippen LogP contribution in [0.4, 0.5) is 0 Å². The van der Waals surface area contributed by atoms with Crippen LogP contribution in [-0.4, -0.2) is 43.2 Å². The van der Waals surface area contributed by atoms with Crippen LogP contribution in [0.5, 0.6) is 0 Å². The van der Waals surface area contributed by atoms with Gasteiger partial charge in [0.15, 0.2) is 0 Å². The summed E-state index contributed by atoms with van der Waals surface area (Å²) in [6.07, 6.45) is 2.06. The smallest absolute Gasteiger partial charge is 0.243 e. The van der Waals surface area contributed by atoms with E-state index in [1.807, 2.05) is 35.2 Å². The van der Waals surface area contributed by atoms with Gasteiger partial charge in [0, 0.05) is 30.4 Å². The Bertz CT molecular complexity index is 1230. The zero-order valence-electron chi connectivity index (χ0n) is 17.5. The molecule has 5 nitrogen and oxygen atoms in total. The Labute approximate surface area is 187 Å². The predicted octanol–water partition coefficient (Wildman–Crippen LogP) is 4.45. The van der Waals surface area contributed by atoms with Crippen LogP contribution in [-0.2, 0) is 21.2 Å². The Balaban J connectivity index is 1.28. The van der Waals surface area contributed by atoms with Crippen LogP contribution in [0.3, 0.4) is 0 Å². The Morgan fingerprint density at radius 3 is 2.52 bits per heavy atom. The summed E-state index contributed by atoms with van der Waals surface area (Å²) in [6, 6.07) is 15.3. The molecule has 1 unspecified atom stereocenters. The number of hydrogen-bond donors (Lipinski definition) is 0. The van der Waals surface area contributed by atoms with Crippen LogP contribution < -0.4 is 0 Å². The second-order valence-corrected chi connectivity index (χ2v) is 11.4. The lowest BCUT2D eigenvalue weighted by molar-refractivity contribution is -0.139. The highest BCUT2D eigenvalue weighted by Gasteiger charge is 2.36. The van der Waals surface area contributed by atoms with Crippen LogP contribution >= 0.6 is 11.3 Å². The number of thiophene rings is 1. The third kappa shape index (κ3) is 3.69. The van der Waals surface area contributed by atoms with E-state index in [2.05, 4.69) is 18.4 Å². The van der Waals surface area contributed by atoms with Gasteiger partial charge >= 0.3 is 0 Å². The van der Waals surface area contributed by atoms with Crippen molar-refractivity contribution in [1.82, 2.24) is 9.21 Å². The topological polar surface area (TPSA) is 57.7 Å². The van der Waals surface area contributed by atoms with Crippen molar-refractivity contribution in [3.63, 3.8) is 0 Å². The molecule has 0 saturated carbocycles. The standard InChI is InChI=1S/C24H26N2O3S2/c1-17-22-11-15-30-23(22)10-14-26(17)24(27)19-8-12-25(13-9-19)31(28,29)21-7-6-18-4-2-3-5-20(18)16-21/h2-7,11,15-17,19H,8-10,12-14H2,1H3. The molecule has 3 aromatic rings. The van der Waals surface area contributed by atoms with Crippen molar-refractivity contribution in [3.8, 4) is 0 Å². The maximum absolute atomic E-state index is 13.2. The molecule has 5 rings (SSSR count). The summed E-state index contributed by atoms with van der Waals surface area (Å²) in [6.45, 7) is 3.63. The molecule has 31 heavy (non-hydrogen) atoms. The lowest BCUT2D eigenvalue weighted by Crippen LogP contribution is -2.46. The highest BCUT2D eigenvalue weighted by atomic mass is 32.2. The van der Waals surface area contributed by atoms with Gasteiger partial charge in [0.05, 0.1) is 10.9 Å². The number of fused-ring (bicyclic) bond motifs is 2. The van der Waals surface area contributed by atoms with Crippen LogP contribution in [0.1, 0.15) is 36.2 Å². The summed E-state index contributed by atoms with van der Waals surface area (Å²) in [5.41, 5.74) is 1.26. The minimum Gasteiger partial charge on any atom is -0.335 e. The maximum Gasteiger partial charge on any atom is 0.243 e. The molecule has 1 aromatic heterocycles. The van der Waals surface area contributed by atoms with Gasteiger partial charge in [-0.05, 0) is 66.1 Å². The number of carbonyl (C=O) groups is 1. The number of benzene rings is 2. The van der Waals surface area contributed by atoms with E-state index in [1.54, 1.807) is 23.5 Å². The molecule has 0 bridgehead atoms. The Hall–Kier alpha value is -2.22. The molecule has 7 heteroatoms. The summed E-state index contributed by atoms with van der Waals surface area (Å²) >= 11 is 1.77. The second-order valence-electron chi connectivity index (χ2n) is 8.44. The summed E-state index contributed by atoms with van der Waals surface area (Å²) in [7, 11) is -3.56. The molecule has 0 radical (unpaired) electrons. The number of hydrogen-bond acceptors (Lipinski definition) is 4. The first-order chi connectivity index (χ1) is 14.9. The molecule has 0 spiro atoms. The predicted molar refractivity (Wildman–Crippen MR) is 124 cm³/mol. The summed E-state index contributed by atoms with van der Waals surface area (Å²) < 4.78 is 27.9. The second kappa shape index (κ2) is 8.04. The number of nitrogens with zero attached hydrogens (tertiary/aromatic N) is 2. The van der Waals surface area contributed by atoms with E-state index in [9.17, 15) is 13.2 Å². The van der Waals surface area contributed by atoms with Gasteiger partial charge in [0.1, 0.15) is 0 Å². The molecule has 0 N–H and O–H groups in total. The molecular formula is C24H26N2O3S2. The number of piperidine rings is 1. The Morgan fingerprint density at radius 1 is 1.00 bits per heavy atom. The third-order valence-electron chi connectivity index (χ3n) is 6.72. The third-order valence-corrected chi connectivity index (χ3v) is 9.61. The average Bonchev–Trinajstić information content (AvgIpc) is 3.28. The first-order valence-corrected chi connectivity index (χ1v) is 13.1. The zero-order chi connectivity index (χ0) is 21.6. The molecule has 2 aliphatic heterocycles. The number of amides is 1. The van der Waals surface area contributed by atoms with Gasteiger partial charge in [-0.15, -0.1) is 11.3 Å². The lowest BCUT2D eigenvalue weighted by Gasteiger charge is -2.38. The number of rotatable bonds is 3. The van der Waals surface area contributed by atoms with E-state index in [0.29, 0.717) is 30.8 Å². The average molecular weight is 455 g/mol. The molecule has 0 aliphatic carbocycles. The molecule has 162 valence electrons. The van der Waals surface area contributed by atoms with Crippen molar-refractivity contribution in [3.05, 3.63) is 64.4 Å². The normalized spacial score (nSPS) is 20.7. The van der Waals surface area contributed by atoms with Crippen LogP contribution in [0, 0.1) is 5.92 Å². The fourth-order valence-corrected chi connectivity index (χ4v) is 7.33. The summed E-state index contributed by atoms with van der Waals surface area (Å²) in [5, 5.41) is 4.04. The van der Waals surface area contributed by atoms with E-state index >= 15 is 0 Å². The minimum atomic E-state index is -3.56. The maximum atomic E-state index is 13.2. The van der Waals surface area contributed by atoms with Crippen molar-refractivity contribution < 1.29 is 13.2 Å². The van der Waals surface area contributed by atoms with E-state index in [-0.39, 0.29) is 17.9 Å². The minimum absolute atomic E-state index is 0.0989. The van der Waals surface area contributed by atoms with E-state index < -0.39 is 10.0 Å². The molecule has 1 amide bonds. The van der Waals surface area contributed by atoms with Gasteiger partial charge < -0.3 is 4.90 Å². The van der Waals surface area contributed by atoms with Crippen molar-refractivity contribution >= 4 is 38.0 Å². The first-order valence-electron chi connectivity index (χ1n) is 10.8. The highest BCUT2D eigenvalue weighted by Crippen LogP contribution is 2.35. The SMILES string of the molecule is CC1c2ccsc2CCN1C(=O)C1CCN(S(=O)(=O)c2ccc3ccccc3c2)CC1. The highest BCUT2D eigenvalue weighted by molar-refractivity contribution is 7.89. The van der Waals surface area contributed by atoms with Crippen LogP contribution in [0.25, 0.3) is 10.8 Å². The summed E-state index contributed by atoms with van der Waals surface area (Å²) in [4.78, 5) is 16.9. The quantitative estimate of drug-likeness (QED) is 0.588. The van der Waals surface area contributed by atoms with Gasteiger partial charge in [0.2, 0.25) is 15.9 Å². The molecular weight excluding hydrogens is 428 g/mol. The van der Waals surface area contributed by atoms with Crippen LogP contribution in [0.15, 0.2) is 58.8 Å². The first kappa shape index (κ1) is 20.7. The molecule has 2 aliphatic rings. The van der Waals surface area contributed by atoms with E-state index in [1.165, 1.54) is 14.7 Å². The Kier molecular flexibility index (Phi) is 5.36. The zero-order valence-corrected chi connectivity index (χ0v) is 19.2. The molecule has 1 saturated heterocycles. The van der Waals surface area contributed by atoms with Crippen molar-refractivity contribution in [2.24, 2.45) is 5.92 Å². The lowest BCUT2D eigenvalue weighted by atomic mass is 9.93. The molecule has 2 aromatic carbocycles. The van der Waals surface area contributed by atoms with Crippen molar-refractivity contribution in [1.29, 1.82) is 0 Å². The summed E-state index contributed by atoms with van der Waals surface area (Å²) in [5.74, 6) is 0.0674. The Morgan fingerprint density at radius 2 is 1.74 bits per heavy atom. The fourth-order valence-electron chi connectivity index (χ4n) is 4.87. The van der Waals surface area contributed by atoms with Gasteiger partial charge in [0.25, 0.3) is 0 Å². The molecule has 3 heterocycles. The van der Waals surface area contributed by atoms with Crippen molar-refractivity contribution in [2.45, 2.75) is 37.1 Å². The number of sulfonamides is 1. The van der Waals surface area contributed by atoms with E-state index in [4.69, 9.17) is 0 Å².